The Morgan fingerprint density at radius 3 is 1.52 bits per heavy atom. The van der Waals surface area contributed by atoms with Gasteiger partial charge in [0.1, 0.15) is 19.3 Å². The number of nitrogens with one attached hydrogen (secondary N) is 1. The Labute approximate surface area is 395 Å². The Kier molecular flexibility index (Phi) is 43.4. The third-order valence-corrected chi connectivity index (χ3v) is 12.5. The Balaban J connectivity index is 5.43. The third-order valence-electron chi connectivity index (χ3n) is 11.5. The summed E-state index contributed by atoms with van der Waals surface area (Å²) in [6, 6.07) is -0.856. The molecule has 9 nitrogen and oxygen atoms in total. The molecular weight excluding hydrogens is 820 g/mol. The number of quaternary nitrogens is 1. The molecule has 0 fully saturated rings. The van der Waals surface area contributed by atoms with Crippen LogP contribution in [0.1, 0.15) is 233 Å². The monoisotopic (exact) mass is 922 g/mol. The molecule has 0 saturated carbocycles. The predicted octanol–water partition coefficient (Wildman–Crippen LogP) is 15.4. The van der Waals surface area contributed by atoms with Gasteiger partial charge in [-0.2, -0.15) is 0 Å². The highest BCUT2D eigenvalue weighted by Gasteiger charge is 2.30. The minimum absolute atomic E-state index is 0.0359. The van der Waals surface area contributed by atoms with Crippen LogP contribution < -0.4 is 5.32 Å². The number of rotatable bonds is 47. The number of hydrogen-bond donors (Lipinski definition) is 2. The van der Waals surface area contributed by atoms with Crippen molar-refractivity contribution in [2.75, 3.05) is 40.9 Å². The third kappa shape index (κ3) is 45.1. The maximum Gasteiger partial charge on any atom is 0.472 e. The molecule has 10 heteroatoms. The summed E-state index contributed by atoms with van der Waals surface area (Å²) >= 11 is 0. The van der Waals surface area contributed by atoms with E-state index in [1.165, 1.54) is 103 Å². The van der Waals surface area contributed by atoms with Gasteiger partial charge in [-0.3, -0.25) is 18.6 Å². The standard InChI is InChI=1S/C54H101N2O7P/c1-7-10-13-16-19-22-25-27-29-32-35-38-41-44-47-54(58)63-52(45-42-39-36-33-30-24-21-18-15-12-9-3)51(50-62-64(59,60)61-49-48-56(4,5)6)55-53(57)46-43-40-37-34-31-28-26-23-20-17-14-11-8-2/h10,13,19,22,28,31,42,45,51-52H,7-9,11-12,14-18,20-21,23-27,29-30,32-41,43-44,46-50H2,1-6H3,(H-,55,57,59,60)/p+1/b13-10+,22-19+,31-28-,45-42+. The van der Waals surface area contributed by atoms with Crippen molar-refractivity contribution in [2.45, 2.75) is 245 Å². The summed E-state index contributed by atoms with van der Waals surface area (Å²) in [5.41, 5.74) is 0. The molecule has 0 aliphatic rings. The van der Waals surface area contributed by atoms with Gasteiger partial charge in [0.2, 0.25) is 5.91 Å². The Bertz CT molecular complexity index is 1240. The van der Waals surface area contributed by atoms with Crippen molar-refractivity contribution in [3.05, 3.63) is 48.6 Å². The zero-order chi connectivity index (χ0) is 47.3. The van der Waals surface area contributed by atoms with Crippen LogP contribution in [-0.2, 0) is 27.9 Å². The van der Waals surface area contributed by atoms with Crippen LogP contribution in [0.4, 0.5) is 0 Å². The number of amides is 1. The van der Waals surface area contributed by atoms with Crippen molar-refractivity contribution in [3.8, 4) is 0 Å². The summed E-state index contributed by atoms with van der Waals surface area (Å²) in [5, 5.41) is 3.02. The van der Waals surface area contributed by atoms with Crippen LogP contribution >= 0.6 is 7.82 Å². The van der Waals surface area contributed by atoms with Crippen LogP contribution in [0.2, 0.25) is 0 Å². The molecular formula is C54H102N2O7P+. The van der Waals surface area contributed by atoms with Gasteiger partial charge >= 0.3 is 13.8 Å². The number of carbonyl (C=O) groups excluding carboxylic acids is 2. The second-order valence-corrected chi connectivity index (χ2v) is 20.5. The number of nitrogens with zero attached hydrogens (tertiary/aromatic N) is 1. The molecule has 0 spiro atoms. The van der Waals surface area contributed by atoms with Gasteiger partial charge in [0.15, 0.2) is 0 Å². The molecule has 374 valence electrons. The first-order chi connectivity index (χ1) is 30.9. The zero-order valence-corrected chi connectivity index (χ0v) is 43.4. The molecule has 0 aliphatic heterocycles. The molecule has 0 radical (unpaired) electrons. The van der Waals surface area contributed by atoms with Gasteiger partial charge in [0.25, 0.3) is 0 Å². The highest BCUT2D eigenvalue weighted by Crippen LogP contribution is 2.43. The summed E-state index contributed by atoms with van der Waals surface area (Å²) in [6.45, 7) is 6.86. The molecule has 0 saturated heterocycles. The molecule has 0 aromatic carbocycles. The normalized spacial score (nSPS) is 14.3. The number of carbonyl (C=O) groups is 2. The first-order valence-corrected chi connectivity index (χ1v) is 28.0. The summed E-state index contributed by atoms with van der Waals surface area (Å²) in [6.07, 6.45) is 52.5. The van der Waals surface area contributed by atoms with Crippen molar-refractivity contribution >= 4 is 19.7 Å². The number of hydrogen-bond acceptors (Lipinski definition) is 6. The topological polar surface area (TPSA) is 111 Å². The van der Waals surface area contributed by atoms with E-state index in [9.17, 15) is 19.0 Å². The molecule has 0 aromatic heterocycles. The summed E-state index contributed by atoms with van der Waals surface area (Å²) in [5.74, 6) is -0.534. The van der Waals surface area contributed by atoms with Crippen molar-refractivity contribution in [1.82, 2.24) is 5.32 Å². The van der Waals surface area contributed by atoms with Gasteiger partial charge in [0.05, 0.1) is 33.8 Å². The van der Waals surface area contributed by atoms with Gasteiger partial charge in [-0.05, 0) is 83.1 Å². The lowest BCUT2D eigenvalue weighted by Crippen LogP contribution is -2.47. The second-order valence-electron chi connectivity index (χ2n) is 19.0. The molecule has 3 atom stereocenters. The SMILES string of the molecule is CC/C=C/C/C=C/CCCCCCCCCC(=O)OC(/C=C/CCCCCCCCCCC)C(COP(=O)(O)OCC[N+](C)(C)C)NC(=O)CCCCC/C=C\CCCCCCCC. The molecule has 3 unspecified atom stereocenters. The molecule has 0 aromatic rings. The average molecular weight is 922 g/mol. The Hall–Kier alpha value is -2.03. The molecule has 64 heavy (non-hydrogen) atoms. The van der Waals surface area contributed by atoms with Gasteiger partial charge in [-0.25, -0.2) is 4.57 Å². The quantitative estimate of drug-likeness (QED) is 0.0206. The number of allylic oxidation sites excluding steroid dienone is 7. The molecule has 1 amide bonds. The van der Waals surface area contributed by atoms with Crippen molar-refractivity contribution < 1.29 is 37.3 Å². The van der Waals surface area contributed by atoms with Crippen molar-refractivity contribution in [3.63, 3.8) is 0 Å². The lowest BCUT2D eigenvalue weighted by Gasteiger charge is -2.27. The number of ether oxygens (including phenoxy) is 1. The van der Waals surface area contributed by atoms with E-state index in [1.807, 2.05) is 33.3 Å². The highest BCUT2D eigenvalue weighted by molar-refractivity contribution is 7.47. The number of likely N-dealkylation sites (N-methyl/N-ethyl adjacent to an activating group) is 1. The van der Waals surface area contributed by atoms with Crippen molar-refractivity contribution in [1.29, 1.82) is 0 Å². The first kappa shape index (κ1) is 62.0. The smallest absolute Gasteiger partial charge is 0.456 e. The van der Waals surface area contributed by atoms with E-state index >= 15 is 0 Å². The number of unbranched alkanes of at least 4 members (excludes halogenated alkanes) is 25. The van der Waals surface area contributed by atoms with Crippen molar-refractivity contribution in [2.24, 2.45) is 0 Å². The fourth-order valence-electron chi connectivity index (χ4n) is 7.38. The largest absolute Gasteiger partial charge is 0.472 e. The van der Waals surface area contributed by atoms with Crippen LogP contribution in [-0.4, -0.2) is 74.3 Å². The summed E-state index contributed by atoms with van der Waals surface area (Å²) in [7, 11) is 1.48. The van der Waals surface area contributed by atoms with Gasteiger partial charge in [-0.1, -0.05) is 185 Å². The number of phosphoric acid groups is 1. The Morgan fingerprint density at radius 2 is 1.00 bits per heavy atom. The minimum Gasteiger partial charge on any atom is -0.456 e. The van der Waals surface area contributed by atoms with E-state index in [-0.39, 0.29) is 31.5 Å². The summed E-state index contributed by atoms with van der Waals surface area (Å²) in [4.78, 5) is 37.4. The zero-order valence-electron chi connectivity index (χ0n) is 42.5. The van der Waals surface area contributed by atoms with E-state index in [4.69, 9.17) is 13.8 Å². The van der Waals surface area contributed by atoms with Crippen LogP contribution in [0.25, 0.3) is 0 Å². The molecule has 0 heterocycles. The predicted molar refractivity (Wildman–Crippen MR) is 272 cm³/mol. The second kappa shape index (κ2) is 44.8. The van der Waals surface area contributed by atoms with Gasteiger partial charge in [-0.15, -0.1) is 0 Å². The molecule has 0 aliphatic carbocycles. The first-order valence-electron chi connectivity index (χ1n) is 26.5. The number of esters is 1. The maximum absolute atomic E-state index is 13.4. The van der Waals surface area contributed by atoms with E-state index < -0.39 is 20.0 Å². The van der Waals surface area contributed by atoms with Crippen LogP contribution in [0.3, 0.4) is 0 Å². The van der Waals surface area contributed by atoms with Gasteiger partial charge < -0.3 is 19.4 Å². The lowest BCUT2D eigenvalue weighted by atomic mass is 10.1. The van der Waals surface area contributed by atoms with Gasteiger partial charge in [0, 0.05) is 12.8 Å². The molecule has 0 bridgehead atoms. The summed E-state index contributed by atoms with van der Waals surface area (Å²) < 4.78 is 30.5. The van der Waals surface area contributed by atoms with Crippen LogP contribution in [0, 0.1) is 0 Å². The van der Waals surface area contributed by atoms with E-state index in [2.05, 4.69) is 62.5 Å². The average Bonchev–Trinajstić information content (AvgIpc) is 3.25. The lowest BCUT2D eigenvalue weighted by molar-refractivity contribution is -0.870. The van der Waals surface area contributed by atoms with E-state index in [1.54, 1.807) is 0 Å². The van der Waals surface area contributed by atoms with E-state index in [0.29, 0.717) is 17.4 Å². The molecule has 0 rings (SSSR count). The minimum atomic E-state index is -4.44. The fraction of sp³-hybridized carbons (Fsp3) is 0.815. The van der Waals surface area contributed by atoms with Crippen LogP contribution in [0.15, 0.2) is 48.6 Å². The number of phosphoric ester groups is 1. The fourth-order valence-corrected chi connectivity index (χ4v) is 8.12. The molecule has 2 N–H and O–H groups in total. The highest BCUT2D eigenvalue weighted by atomic mass is 31.2. The van der Waals surface area contributed by atoms with E-state index in [0.717, 1.165) is 96.3 Å². The van der Waals surface area contributed by atoms with Crippen LogP contribution in [0.5, 0.6) is 0 Å². The maximum atomic E-state index is 13.4. The Morgan fingerprint density at radius 1 is 0.562 bits per heavy atom.